The minimum atomic E-state index is -1.14. The second-order valence-corrected chi connectivity index (χ2v) is 8.16. The highest BCUT2D eigenvalue weighted by Gasteiger charge is 2.31. The number of carboxylic acids is 1. The summed E-state index contributed by atoms with van der Waals surface area (Å²) in [6.07, 6.45) is -0.672. The molecule has 6 heteroatoms. The highest BCUT2D eigenvalue weighted by Crippen LogP contribution is 2.44. The maximum atomic E-state index is 13.6. The van der Waals surface area contributed by atoms with Crippen LogP contribution in [0.1, 0.15) is 27.4 Å². The third kappa shape index (κ3) is 4.10. The van der Waals surface area contributed by atoms with Crippen molar-refractivity contribution in [3.8, 4) is 16.9 Å². The molecule has 4 aromatic carbocycles. The quantitative estimate of drug-likeness (QED) is 0.353. The molecule has 0 unspecified atom stereocenters. The number of aromatic carboxylic acids is 1. The van der Waals surface area contributed by atoms with Gasteiger partial charge in [-0.3, -0.25) is 0 Å². The first kappa shape index (κ1) is 22.2. The van der Waals surface area contributed by atoms with Crippen molar-refractivity contribution in [2.75, 3.05) is 18.6 Å². The molecule has 4 aromatic rings. The van der Waals surface area contributed by atoms with Gasteiger partial charge in [0.1, 0.15) is 12.4 Å². The van der Waals surface area contributed by atoms with Gasteiger partial charge in [0.15, 0.2) is 0 Å². The second kappa shape index (κ2) is 9.35. The summed E-state index contributed by atoms with van der Waals surface area (Å²) in [6, 6.07) is 29.4. The van der Waals surface area contributed by atoms with Gasteiger partial charge in [-0.15, -0.1) is 0 Å². The predicted octanol–water partition coefficient (Wildman–Crippen LogP) is 6.48. The lowest BCUT2D eigenvalue weighted by Gasteiger charge is -2.25. The van der Waals surface area contributed by atoms with Crippen LogP contribution < -0.4 is 9.64 Å². The molecule has 0 heterocycles. The van der Waals surface area contributed by atoms with Crippen LogP contribution in [-0.2, 0) is 4.74 Å². The van der Waals surface area contributed by atoms with Gasteiger partial charge in [-0.2, -0.15) is 0 Å². The first-order chi connectivity index (χ1) is 17.1. The Hall–Kier alpha value is -4.58. The fourth-order valence-electron chi connectivity index (χ4n) is 4.60. The number of carbonyl (C=O) groups is 2. The van der Waals surface area contributed by atoms with E-state index in [1.165, 1.54) is 18.1 Å². The van der Waals surface area contributed by atoms with Crippen LogP contribution in [0.3, 0.4) is 0 Å². The molecule has 174 valence electrons. The summed E-state index contributed by atoms with van der Waals surface area (Å²) in [5, 5.41) is 9.76. The number of carbonyl (C=O) groups excluding carboxylic acids is 1. The maximum Gasteiger partial charge on any atom is 0.419 e. The zero-order valence-corrected chi connectivity index (χ0v) is 19.0. The van der Waals surface area contributed by atoms with Crippen molar-refractivity contribution < 1.29 is 24.2 Å². The minimum absolute atomic E-state index is 0.0103. The average Bonchev–Trinajstić information content (AvgIpc) is 3.21. The number of ether oxygens (including phenoxy) is 2. The molecular formula is C29H23NO5. The van der Waals surface area contributed by atoms with E-state index < -0.39 is 12.1 Å². The molecular weight excluding hydrogens is 442 g/mol. The van der Waals surface area contributed by atoms with E-state index in [-0.39, 0.29) is 23.8 Å². The molecule has 6 nitrogen and oxygen atoms in total. The Labute approximate surface area is 203 Å². The molecule has 0 saturated carbocycles. The van der Waals surface area contributed by atoms with E-state index >= 15 is 0 Å². The van der Waals surface area contributed by atoms with E-state index in [1.807, 2.05) is 36.4 Å². The molecule has 0 aliphatic heterocycles. The van der Waals surface area contributed by atoms with Crippen LogP contribution in [0.2, 0.25) is 0 Å². The van der Waals surface area contributed by atoms with Gasteiger partial charge in [-0.25, -0.2) is 14.5 Å². The van der Waals surface area contributed by atoms with E-state index in [0.717, 1.165) is 22.3 Å². The van der Waals surface area contributed by atoms with Crippen LogP contribution in [0, 0.1) is 0 Å². The molecule has 0 atom stereocenters. The van der Waals surface area contributed by atoms with Gasteiger partial charge in [0.25, 0.3) is 0 Å². The van der Waals surface area contributed by atoms with Crippen molar-refractivity contribution in [1.82, 2.24) is 0 Å². The predicted molar refractivity (Wildman–Crippen MR) is 134 cm³/mol. The van der Waals surface area contributed by atoms with Crippen LogP contribution in [0.5, 0.6) is 5.75 Å². The van der Waals surface area contributed by atoms with Crippen molar-refractivity contribution in [3.63, 3.8) is 0 Å². The molecule has 0 radical (unpaired) electrons. The molecule has 0 aromatic heterocycles. The molecule has 0 saturated heterocycles. The average molecular weight is 466 g/mol. The van der Waals surface area contributed by atoms with Crippen LogP contribution >= 0.6 is 0 Å². The lowest BCUT2D eigenvalue weighted by molar-refractivity contribution is 0.0697. The summed E-state index contributed by atoms with van der Waals surface area (Å²) in [5.41, 5.74) is 5.10. The SMILES string of the molecule is COc1cccc(N(C(=O)OCC2c3ccccc3-c3ccccc32)c2ccccc2C(=O)O)c1. The summed E-state index contributed by atoms with van der Waals surface area (Å²) in [6.45, 7) is 0.114. The van der Waals surface area contributed by atoms with E-state index in [0.29, 0.717) is 11.4 Å². The van der Waals surface area contributed by atoms with E-state index in [1.54, 1.807) is 42.5 Å². The van der Waals surface area contributed by atoms with Gasteiger partial charge >= 0.3 is 12.1 Å². The Kier molecular flexibility index (Phi) is 5.94. The second-order valence-electron chi connectivity index (χ2n) is 8.16. The van der Waals surface area contributed by atoms with E-state index in [2.05, 4.69) is 12.1 Å². The highest BCUT2D eigenvalue weighted by atomic mass is 16.6. The summed E-state index contributed by atoms with van der Waals surface area (Å²) in [4.78, 5) is 26.8. The van der Waals surface area contributed by atoms with Crippen LogP contribution in [0.25, 0.3) is 11.1 Å². The van der Waals surface area contributed by atoms with E-state index in [4.69, 9.17) is 9.47 Å². The van der Waals surface area contributed by atoms with Gasteiger partial charge in [-0.05, 0) is 46.5 Å². The van der Waals surface area contributed by atoms with Crippen LogP contribution in [0.4, 0.5) is 16.2 Å². The largest absolute Gasteiger partial charge is 0.497 e. The van der Waals surface area contributed by atoms with Crippen molar-refractivity contribution in [2.24, 2.45) is 0 Å². The van der Waals surface area contributed by atoms with Crippen molar-refractivity contribution in [3.05, 3.63) is 114 Å². The molecule has 35 heavy (non-hydrogen) atoms. The number of anilines is 2. The van der Waals surface area contributed by atoms with E-state index in [9.17, 15) is 14.7 Å². The topological polar surface area (TPSA) is 76.1 Å². The first-order valence-electron chi connectivity index (χ1n) is 11.2. The maximum absolute atomic E-state index is 13.6. The zero-order chi connectivity index (χ0) is 24.4. The molecule has 1 aliphatic carbocycles. The minimum Gasteiger partial charge on any atom is -0.497 e. The number of para-hydroxylation sites is 1. The number of nitrogens with zero attached hydrogens (tertiary/aromatic N) is 1. The van der Waals surface area contributed by atoms with Gasteiger partial charge in [0, 0.05) is 12.0 Å². The number of hydrogen-bond acceptors (Lipinski definition) is 4. The van der Waals surface area contributed by atoms with Gasteiger partial charge < -0.3 is 14.6 Å². The number of benzene rings is 4. The van der Waals surface area contributed by atoms with Gasteiger partial charge in [-0.1, -0.05) is 66.7 Å². The number of rotatable bonds is 6. The van der Waals surface area contributed by atoms with Gasteiger partial charge in [0.2, 0.25) is 0 Å². The standard InChI is InChI=1S/C29H23NO5/c1-34-20-10-8-9-19(17-20)30(27-16-7-6-15-25(27)28(31)32)29(33)35-18-26-23-13-4-2-11-21(23)22-12-3-5-14-24(22)26/h2-17,26H,18H2,1H3,(H,31,32). The third-order valence-electron chi connectivity index (χ3n) is 6.21. The normalized spacial score (nSPS) is 11.9. The molecule has 1 amide bonds. The Morgan fingerprint density at radius 1 is 0.829 bits per heavy atom. The molecule has 0 bridgehead atoms. The monoisotopic (exact) mass is 465 g/mol. The van der Waals surface area contributed by atoms with Crippen molar-refractivity contribution >= 4 is 23.4 Å². The summed E-state index contributed by atoms with van der Waals surface area (Å²) in [7, 11) is 1.53. The Morgan fingerprint density at radius 3 is 2.11 bits per heavy atom. The van der Waals surface area contributed by atoms with Crippen molar-refractivity contribution in [1.29, 1.82) is 0 Å². The Bertz CT molecular complexity index is 1370. The lowest BCUT2D eigenvalue weighted by atomic mass is 9.98. The van der Waals surface area contributed by atoms with Crippen LogP contribution in [-0.4, -0.2) is 30.9 Å². The molecule has 1 aliphatic rings. The van der Waals surface area contributed by atoms with Gasteiger partial charge in [0.05, 0.1) is 24.0 Å². The summed E-state index contributed by atoms with van der Waals surface area (Å²) < 4.78 is 11.2. The fourth-order valence-corrected chi connectivity index (χ4v) is 4.60. The number of methoxy groups -OCH3 is 1. The number of hydrogen-bond donors (Lipinski definition) is 1. The molecule has 1 N–H and O–H groups in total. The first-order valence-corrected chi connectivity index (χ1v) is 11.2. The summed E-state index contributed by atoms with van der Waals surface area (Å²) >= 11 is 0. The third-order valence-corrected chi connectivity index (χ3v) is 6.21. The zero-order valence-electron chi connectivity index (χ0n) is 19.0. The Morgan fingerprint density at radius 2 is 1.46 bits per heavy atom. The summed E-state index contributed by atoms with van der Waals surface area (Å²) in [5.74, 6) is -0.722. The molecule has 0 spiro atoms. The smallest absolute Gasteiger partial charge is 0.419 e. The molecule has 5 rings (SSSR count). The highest BCUT2D eigenvalue weighted by molar-refractivity contribution is 6.04. The van der Waals surface area contributed by atoms with Crippen molar-refractivity contribution in [2.45, 2.75) is 5.92 Å². The number of fused-ring (bicyclic) bond motifs is 3. The Balaban J connectivity index is 1.50. The molecule has 0 fully saturated rings. The fraction of sp³-hybridized carbons (Fsp3) is 0.103. The van der Waals surface area contributed by atoms with Crippen LogP contribution in [0.15, 0.2) is 97.1 Å². The number of carboxylic acid groups (broad SMARTS) is 1. The number of amides is 1. The lowest BCUT2D eigenvalue weighted by Crippen LogP contribution is -2.29.